The smallest absolute Gasteiger partial charge is 0.133 e. The van der Waals surface area contributed by atoms with Crippen molar-refractivity contribution in [3.8, 4) is 0 Å². The molecule has 1 aliphatic rings. The number of aromatic nitrogens is 1. The second-order valence-electron chi connectivity index (χ2n) is 6.31. The predicted octanol–water partition coefficient (Wildman–Crippen LogP) is 4.14. The number of pyridine rings is 1. The molecule has 0 aliphatic carbocycles. The van der Waals surface area contributed by atoms with E-state index in [1.807, 2.05) is 0 Å². The Hall–Kier alpha value is -1.60. The van der Waals surface area contributed by atoms with Crippen LogP contribution in [0.5, 0.6) is 0 Å². The summed E-state index contributed by atoms with van der Waals surface area (Å²) in [5.41, 5.74) is 2.33. The Bertz CT molecular complexity index is 861. The van der Waals surface area contributed by atoms with E-state index in [0.29, 0.717) is 0 Å². The SMILES string of the molecule is CSc1ccc2cc(CNCc3cccs3)c(N3CCOCC3)nc2c1. The Morgan fingerprint density at radius 2 is 2.08 bits per heavy atom. The van der Waals surface area contributed by atoms with E-state index in [2.05, 4.69) is 58.3 Å². The molecule has 4 rings (SSSR count). The molecule has 6 heteroatoms. The van der Waals surface area contributed by atoms with Crippen molar-refractivity contribution in [3.63, 3.8) is 0 Å². The summed E-state index contributed by atoms with van der Waals surface area (Å²) in [6, 6.07) is 13.1. The first-order chi connectivity index (χ1) is 12.8. The number of thioether (sulfide) groups is 1. The van der Waals surface area contributed by atoms with Crippen molar-refractivity contribution in [2.24, 2.45) is 0 Å². The molecule has 3 heterocycles. The minimum absolute atomic E-state index is 0.770. The molecule has 0 spiro atoms. The van der Waals surface area contributed by atoms with Crippen LogP contribution in [0.25, 0.3) is 10.9 Å². The summed E-state index contributed by atoms with van der Waals surface area (Å²) in [5.74, 6) is 1.10. The van der Waals surface area contributed by atoms with Gasteiger partial charge in [-0.25, -0.2) is 4.98 Å². The summed E-state index contributed by atoms with van der Waals surface area (Å²) in [7, 11) is 0. The maximum Gasteiger partial charge on any atom is 0.133 e. The average molecular weight is 386 g/mol. The van der Waals surface area contributed by atoms with Crippen LogP contribution in [-0.4, -0.2) is 37.5 Å². The first-order valence-electron chi connectivity index (χ1n) is 8.87. The molecule has 1 N–H and O–H groups in total. The maximum atomic E-state index is 5.53. The summed E-state index contributed by atoms with van der Waals surface area (Å²) in [6.45, 7) is 5.05. The molecule has 0 amide bonds. The van der Waals surface area contributed by atoms with Gasteiger partial charge in [0.25, 0.3) is 0 Å². The summed E-state index contributed by atoms with van der Waals surface area (Å²) in [5, 5.41) is 6.90. The Morgan fingerprint density at radius 1 is 1.19 bits per heavy atom. The lowest BCUT2D eigenvalue weighted by atomic mass is 10.1. The third kappa shape index (κ3) is 4.04. The molecule has 0 bridgehead atoms. The molecule has 1 aliphatic heterocycles. The van der Waals surface area contributed by atoms with Crippen molar-refractivity contribution in [2.75, 3.05) is 37.5 Å². The van der Waals surface area contributed by atoms with Crippen LogP contribution in [0.2, 0.25) is 0 Å². The van der Waals surface area contributed by atoms with Crippen LogP contribution in [0.15, 0.2) is 46.7 Å². The Balaban J connectivity index is 1.63. The number of fused-ring (bicyclic) bond motifs is 1. The fraction of sp³-hybridized carbons (Fsp3) is 0.350. The summed E-state index contributed by atoms with van der Waals surface area (Å²) in [4.78, 5) is 10.0. The lowest BCUT2D eigenvalue weighted by Crippen LogP contribution is -2.37. The van der Waals surface area contributed by atoms with Crippen molar-refractivity contribution >= 4 is 39.8 Å². The van der Waals surface area contributed by atoms with Crippen molar-refractivity contribution in [1.82, 2.24) is 10.3 Å². The highest BCUT2D eigenvalue weighted by atomic mass is 32.2. The van der Waals surface area contributed by atoms with Gasteiger partial charge in [0.2, 0.25) is 0 Å². The van der Waals surface area contributed by atoms with Crippen LogP contribution >= 0.6 is 23.1 Å². The molecule has 136 valence electrons. The van der Waals surface area contributed by atoms with E-state index in [-0.39, 0.29) is 0 Å². The highest BCUT2D eigenvalue weighted by molar-refractivity contribution is 7.98. The zero-order chi connectivity index (χ0) is 17.8. The molecule has 1 fully saturated rings. The number of nitrogens with zero attached hydrogens (tertiary/aromatic N) is 2. The zero-order valence-corrected chi connectivity index (χ0v) is 16.5. The molecule has 4 nitrogen and oxygen atoms in total. The van der Waals surface area contributed by atoms with E-state index in [1.54, 1.807) is 23.1 Å². The Labute approximate surface area is 162 Å². The third-order valence-corrected chi connectivity index (χ3v) is 6.19. The summed E-state index contributed by atoms with van der Waals surface area (Å²) in [6.07, 6.45) is 2.10. The number of rotatable bonds is 6. The lowest BCUT2D eigenvalue weighted by molar-refractivity contribution is 0.122. The van der Waals surface area contributed by atoms with Crippen LogP contribution in [0.4, 0.5) is 5.82 Å². The van der Waals surface area contributed by atoms with Gasteiger partial charge in [-0.05, 0) is 35.9 Å². The number of hydrogen-bond donors (Lipinski definition) is 1. The van der Waals surface area contributed by atoms with Gasteiger partial charge >= 0.3 is 0 Å². The third-order valence-electron chi connectivity index (χ3n) is 4.59. The topological polar surface area (TPSA) is 37.4 Å². The van der Waals surface area contributed by atoms with Crippen molar-refractivity contribution in [3.05, 3.63) is 52.2 Å². The number of ether oxygens (including phenoxy) is 1. The van der Waals surface area contributed by atoms with Gasteiger partial charge in [-0.3, -0.25) is 0 Å². The molecule has 26 heavy (non-hydrogen) atoms. The Kier molecular flexibility index (Phi) is 5.75. The van der Waals surface area contributed by atoms with E-state index in [9.17, 15) is 0 Å². The first-order valence-corrected chi connectivity index (χ1v) is 11.0. The lowest BCUT2D eigenvalue weighted by Gasteiger charge is -2.30. The molecule has 0 saturated carbocycles. The minimum Gasteiger partial charge on any atom is -0.378 e. The molecule has 3 aromatic rings. The summed E-state index contributed by atoms with van der Waals surface area (Å²) < 4.78 is 5.53. The second kappa shape index (κ2) is 8.39. The van der Waals surface area contributed by atoms with Gasteiger partial charge in [-0.1, -0.05) is 12.1 Å². The van der Waals surface area contributed by atoms with Crippen LogP contribution < -0.4 is 10.2 Å². The molecule has 0 radical (unpaired) electrons. The number of hydrogen-bond acceptors (Lipinski definition) is 6. The molecular formula is C20H23N3OS2. The molecular weight excluding hydrogens is 362 g/mol. The number of thiophene rings is 1. The van der Waals surface area contributed by atoms with Crippen LogP contribution in [-0.2, 0) is 17.8 Å². The van der Waals surface area contributed by atoms with E-state index < -0.39 is 0 Å². The van der Waals surface area contributed by atoms with Gasteiger partial charge in [-0.2, -0.15) is 0 Å². The molecule has 1 aromatic carbocycles. The van der Waals surface area contributed by atoms with Gasteiger partial charge in [0.15, 0.2) is 0 Å². The van der Waals surface area contributed by atoms with Gasteiger partial charge in [-0.15, -0.1) is 23.1 Å². The highest BCUT2D eigenvalue weighted by Gasteiger charge is 2.17. The zero-order valence-electron chi connectivity index (χ0n) is 14.9. The summed E-state index contributed by atoms with van der Waals surface area (Å²) >= 11 is 3.55. The molecule has 0 atom stereocenters. The second-order valence-corrected chi connectivity index (χ2v) is 8.22. The van der Waals surface area contributed by atoms with Gasteiger partial charge < -0.3 is 15.0 Å². The fourth-order valence-electron chi connectivity index (χ4n) is 3.22. The van der Waals surface area contributed by atoms with E-state index >= 15 is 0 Å². The van der Waals surface area contributed by atoms with Gasteiger partial charge in [0.1, 0.15) is 5.82 Å². The number of morpholine rings is 1. The van der Waals surface area contributed by atoms with E-state index in [0.717, 1.165) is 50.7 Å². The quantitative estimate of drug-likeness (QED) is 0.646. The van der Waals surface area contributed by atoms with E-state index in [1.165, 1.54) is 20.7 Å². The fourth-order valence-corrected chi connectivity index (χ4v) is 4.33. The normalized spacial score (nSPS) is 14.9. The van der Waals surface area contributed by atoms with Gasteiger partial charge in [0.05, 0.1) is 18.7 Å². The van der Waals surface area contributed by atoms with Crippen LogP contribution in [0.1, 0.15) is 10.4 Å². The molecule has 1 saturated heterocycles. The van der Waals surface area contributed by atoms with Gasteiger partial charge in [0, 0.05) is 46.9 Å². The molecule has 2 aromatic heterocycles. The first kappa shape index (κ1) is 17.8. The van der Waals surface area contributed by atoms with Crippen molar-refractivity contribution < 1.29 is 4.74 Å². The number of anilines is 1. The largest absolute Gasteiger partial charge is 0.378 e. The number of nitrogens with one attached hydrogen (secondary N) is 1. The van der Waals surface area contributed by atoms with Crippen molar-refractivity contribution in [2.45, 2.75) is 18.0 Å². The predicted molar refractivity (Wildman–Crippen MR) is 111 cm³/mol. The minimum atomic E-state index is 0.770. The average Bonchev–Trinajstić information content (AvgIpc) is 3.21. The van der Waals surface area contributed by atoms with Crippen molar-refractivity contribution in [1.29, 1.82) is 0 Å². The Morgan fingerprint density at radius 3 is 2.85 bits per heavy atom. The maximum absolute atomic E-state index is 5.53. The standard InChI is InChI=1S/C20H23N3OS2/c1-25-17-5-4-15-11-16(13-21-14-18-3-2-10-26-18)20(22-19(15)12-17)23-6-8-24-9-7-23/h2-5,10-12,21H,6-9,13-14H2,1H3. The molecule has 0 unspecified atom stereocenters. The van der Waals surface area contributed by atoms with Crippen LogP contribution in [0.3, 0.4) is 0 Å². The van der Waals surface area contributed by atoms with Crippen LogP contribution in [0, 0.1) is 0 Å². The number of benzene rings is 1. The monoisotopic (exact) mass is 385 g/mol. The highest BCUT2D eigenvalue weighted by Crippen LogP contribution is 2.27. The van der Waals surface area contributed by atoms with E-state index in [4.69, 9.17) is 9.72 Å².